The zero-order chi connectivity index (χ0) is 24.1. The molecule has 0 aliphatic carbocycles. The first-order valence-corrected chi connectivity index (χ1v) is 11.7. The molecular formula is C25H22N8O3. The number of anilines is 3. The van der Waals surface area contributed by atoms with Gasteiger partial charge in [-0.1, -0.05) is 0 Å². The molecule has 1 N–H and O–H groups in total. The van der Waals surface area contributed by atoms with Gasteiger partial charge in [0.15, 0.2) is 17.2 Å². The number of rotatable bonds is 4. The number of morpholine rings is 1. The van der Waals surface area contributed by atoms with E-state index in [1.807, 2.05) is 43.5 Å². The van der Waals surface area contributed by atoms with Crippen molar-refractivity contribution < 1.29 is 14.2 Å². The number of hydrogen-bond donors (Lipinski definition) is 1. The Morgan fingerprint density at radius 3 is 2.97 bits per heavy atom. The highest BCUT2D eigenvalue weighted by atomic mass is 16.5. The smallest absolute Gasteiger partial charge is 0.175 e. The summed E-state index contributed by atoms with van der Waals surface area (Å²) in [6, 6.07) is 9.78. The number of aromatic nitrogens is 6. The number of nitrogens with zero attached hydrogens (tertiary/aromatic N) is 7. The van der Waals surface area contributed by atoms with E-state index in [0.717, 1.165) is 45.9 Å². The van der Waals surface area contributed by atoms with Crippen LogP contribution < -0.4 is 19.7 Å². The van der Waals surface area contributed by atoms with Gasteiger partial charge in [0.2, 0.25) is 0 Å². The van der Waals surface area contributed by atoms with Crippen molar-refractivity contribution in [2.24, 2.45) is 0 Å². The zero-order valence-electron chi connectivity index (χ0n) is 19.5. The van der Waals surface area contributed by atoms with Gasteiger partial charge in [0.25, 0.3) is 0 Å². The van der Waals surface area contributed by atoms with Crippen molar-refractivity contribution >= 4 is 33.9 Å². The van der Waals surface area contributed by atoms with E-state index in [4.69, 9.17) is 14.2 Å². The lowest BCUT2D eigenvalue weighted by molar-refractivity contribution is 0.0702. The fourth-order valence-electron chi connectivity index (χ4n) is 4.67. The average Bonchev–Trinajstić information content (AvgIpc) is 3.38. The third-order valence-electron chi connectivity index (χ3n) is 6.45. The van der Waals surface area contributed by atoms with E-state index in [-0.39, 0.29) is 6.04 Å². The molecule has 0 amide bonds. The van der Waals surface area contributed by atoms with Gasteiger partial charge in [0.1, 0.15) is 36.6 Å². The lowest BCUT2D eigenvalue weighted by Crippen LogP contribution is -2.51. The van der Waals surface area contributed by atoms with E-state index in [1.54, 1.807) is 10.7 Å². The van der Waals surface area contributed by atoms with Gasteiger partial charge in [-0.3, -0.25) is 0 Å². The van der Waals surface area contributed by atoms with Gasteiger partial charge in [0, 0.05) is 24.5 Å². The standard InChI is InChI=1S/C25H22N8O3/c1-15-8-16(2-3-20(15)36-18-4-5-33-21(9-18)28-14-30-33)31-24-22-19(27-13-29-24)10-26-25-23(22)35-12-17-11-34-7-6-32(17)25/h2-5,8-10,13-14,17H,6-7,11-12H2,1H3,(H,27,29,31)/t17-/m1/s1. The predicted octanol–water partition coefficient (Wildman–Crippen LogP) is 3.51. The molecule has 2 aliphatic rings. The lowest BCUT2D eigenvalue weighted by atomic mass is 10.1. The SMILES string of the molecule is Cc1cc(Nc2ncnc3cnc4c(c23)OC[C@H]2COCCN42)ccc1Oc1ccn2ncnc2c1. The van der Waals surface area contributed by atoms with Crippen LogP contribution in [0.3, 0.4) is 0 Å². The molecule has 36 heavy (non-hydrogen) atoms. The van der Waals surface area contributed by atoms with Crippen LogP contribution in [0.5, 0.6) is 17.2 Å². The number of fused-ring (bicyclic) bond motifs is 6. The summed E-state index contributed by atoms with van der Waals surface area (Å²) in [6.07, 6.45) is 6.64. The number of aryl methyl sites for hydroxylation is 1. The van der Waals surface area contributed by atoms with Gasteiger partial charge < -0.3 is 24.4 Å². The Morgan fingerprint density at radius 1 is 1.06 bits per heavy atom. The summed E-state index contributed by atoms with van der Waals surface area (Å²) in [4.78, 5) is 20.1. The topological polar surface area (TPSA) is 112 Å². The Labute approximate surface area is 205 Å². The third-order valence-corrected chi connectivity index (χ3v) is 6.45. The Kier molecular flexibility index (Phi) is 4.81. The monoisotopic (exact) mass is 482 g/mol. The molecule has 11 nitrogen and oxygen atoms in total. The van der Waals surface area contributed by atoms with Crippen LogP contribution in [0.2, 0.25) is 0 Å². The predicted molar refractivity (Wildman–Crippen MR) is 132 cm³/mol. The summed E-state index contributed by atoms with van der Waals surface area (Å²) < 4.78 is 19.6. The molecule has 0 spiro atoms. The van der Waals surface area contributed by atoms with Gasteiger partial charge in [-0.05, 0) is 36.8 Å². The van der Waals surface area contributed by atoms with Gasteiger partial charge in [-0.25, -0.2) is 24.5 Å². The van der Waals surface area contributed by atoms with Crippen molar-refractivity contribution in [3.05, 3.63) is 60.9 Å². The van der Waals surface area contributed by atoms with Crippen molar-refractivity contribution in [2.45, 2.75) is 13.0 Å². The highest BCUT2D eigenvalue weighted by molar-refractivity contribution is 5.98. The Balaban J connectivity index is 1.20. The highest BCUT2D eigenvalue weighted by Gasteiger charge is 2.33. The van der Waals surface area contributed by atoms with Crippen LogP contribution in [0.4, 0.5) is 17.3 Å². The second-order valence-corrected chi connectivity index (χ2v) is 8.76. The Hall–Kier alpha value is -4.51. The summed E-state index contributed by atoms with van der Waals surface area (Å²) in [7, 11) is 0. The van der Waals surface area contributed by atoms with E-state index in [2.05, 4.69) is 35.3 Å². The van der Waals surface area contributed by atoms with Gasteiger partial charge >= 0.3 is 0 Å². The molecule has 180 valence electrons. The number of nitrogens with one attached hydrogen (secondary N) is 1. The molecule has 5 aromatic rings. The summed E-state index contributed by atoms with van der Waals surface area (Å²) >= 11 is 0. The molecule has 7 rings (SSSR count). The second-order valence-electron chi connectivity index (χ2n) is 8.76. The fourth-order valence-corrected chi connectivity index (χ4v) is 4.67. The molecule has 4 aromatic heterocycles. The molecule has 1 atom stereocenters. The molecule has 0 radical (unpaired) electrons. The van der Waals surface area contributed by atoms with Crippen LogP contribution in [0, 0.1) is 6.92 Å². The molecule has 0 saturated carbocycles. The second kappa shape index (κ2) is 8.31. The van der Waals surface area contributed by atoms with E-state index >= 15 is 0 Å². The molecule has 6 heterocycles. The minimum Gasteiger partial charge on any atom is -0.487 e. The molecule has 1 aromatic carbocycles. The zero-order valence-corrected chi connectivity index (χ0v) is 19.5. The van der Waals surface area contributed by atoms with Gasteiger partial charge in [0.05, 0.1) is 36.4 Å². The number of benzene rings is 1. The normalized spacial score (nSPS) is 16.9. The van der Waals surface area contributed by atoms with Crippen LogP contribution >= 0.6 is 0 Å². The molecular weight excluding hydrogens is 460 g/mol. The quantitative estimate of drug-likeness (QED) is 0.408. The Bertz CT molecular complexity index is 1600. The minimum atomic E-state index is 0.165. The average molecular weight is 483 g/mol. The molecule has 2 aliphatic heterocycles. The highest BCUT2D eigenvalue weighted by Crippen LogP contribution is 2.41. The molecule has 11 heteroatoms. The lowest BCUT2D eigenvalue weighted by Gasteiger charge is -2.40. The van der Waals surface area contributed by atoms with E-state index in [0.29, 0.717) is 37.1 Å². The van der Waals surface area contributed by atoms with Crippen molar-refractivity contribution in [3.8, 4) is 17.2 Å². The number of pyridine rings is 2. The Morgan fingerprint density at radius 2 is 2.03 bits per heavy atom. The van der Waals surface area contributed by atoms with Crippen LogP contribution in [0.25, 0.3) is 16.6 Å². The third kappa shape index (κ3) is 3.52. The van der Waals surface area contributed by atoms with Crippen molar-refractivity contribution in [1.29, 1.82) is 0 Å². The van der Waals surface area contributed by atoms with Gasteiger partial charge in [-0.15, -0.1) is 0 Å². The first-order valence-electron chi connectivity index (χ1n) is 11.7. The van der Waals surface area contributed by atoms with E-state index in [9.17, 15) is 0 Å². The van der Waals surface area contributed by atoms with Crippen LogP contribution in [0.15, 0.2) is 55.4 Å². The number of hydrogen-bond acceptors (Lipinski definition) is 10. The van der Waals surface area contributed by atoms with E-state index in [1.165, 1.54) is 12.7 Å². The maximum absolute atomic E-state index is 6.18. The maximum Gasteiger partial charge on any atom is 0.175 e. The van der Waals surface area contributed by atoms with Crippen LogP contribution in [-0.4, -0.2) is 62.0 Å². The molecule has 0 bridgehead atoms. The summed E-state index contributed by atoms with van der Waals surface area (Å²) in [5, 5.41) is 8.37. The minimum absolute atomic E-state index is 0.165. The summed E-state index contributed by atoms with van der Waals surface area (Å²) in [5.74, 6) is 3.62. The summed E-state index contributed by atoms with van der Waals surface area (Å²) in [6.45, 7) is 4.62. The van der Waals surface area contributed by atoms with Crippen molar-refractivity contribution in [1.82, 2.24) is 29.5 Å². The van der Waals surface area contributed by atoms with Crippen molar-refractivity contribution in [2.75, 3.05) is 36.6 Å². The van der Waals surface area contributed by atoms with Gasteiger partial charge in [-0.2, -0.15) is 5.10 Å². The first-order chi connectivity index (χ1) is 17.7. The summed E-state index contributed by atoms with van der Waals surface area (Å²) in [5.41, 5.74) is 3.29. The first kappa shape index (κ1) is 20.8. The fraction of sp³-hybridized carbons (Fsp3) is 0.240. The molecule has 1 saturated heterocycles. The van der Waals surface area contributed by atoms with Crippen molar-refractivity contribution in [3.63, 3.8) is 0 Å². The largest absolute Gasteiger partial charge is 0.487 e. The maximum atomic E-state index is 6.18. The molecule has 1 fully saturated rings. The van der Waals surface area contributed by atoms with Crippen LogP contribution in [0.1, 0.15) is 5.56 Å². The molecule has 0 unspecified atom stereocenters. The van der Waals surface area contributed by atoms with E-state index < -0.39 is 0 Å². The van der Waals surface area contributed by atoms with Crippen LogP contribution in [-0.2, 0) is 4.74 Å². The number of ether oxygens (including phenoxy) is 3.